The van der Waals surface area contributed by atoms with E-state index in [1.165, 1.54) is 66.2 Å². The minimum Gasteiger partial charge on any atom is -0.456 e. The number of nitrogens with zero attached hydrogens (tertiary/aromatic N) is 1. The molecule has 1 aliphatic carbocycles. The van der Waals surface area contributed by atoms with E-state index in [4.69, 9.17) is 8.83 Å². The van der Waals surface area contributed by atoms with Crippen molar-refractivity contribution in [3.05, 3.63) is 162 Å². The van der Waals surface area contributed by atoms with E-state index in [2.05, 4.69) is 181 Å². The summed E-state index contributed by atoms with van der Waals surface area (Å²) in [6.07, 6.45) is 0. The summed E-state index contributed by atoms with van der Waals surface area (Å²) in [5, 5.41) is 4.60. The summed E-state index contributed by atoms with van der Waals surface area (Å²) in [7, 11) is 16.1. The highest BCUT2D eigenvalue weighted by Crippen LogP contribution is 2.42. The quantitative estimate of drug-likeness (QED) is 0.248. The normalized spacial score (nSPS) is 14.5. The molecular weight excluding hydrogens is 686 g/mol. The third-order valence-corrected chi connectivity index (χ3v) is 12.9. The molecule has 57 heavy (non-hydrogen) atoms. The molecule has 1 unspecified atom stereocenters. The monoisotopic (exact) mass is 725 g/mol. The van der Waals surface area contributed by atoms with Gasteiger partial charge in [0.05, 0.1) is 6.04 Å². The number of allylic oxidation sites excluding steroid dienone is 2. The average molecular weight is 725 g/mol. The third-order valence-electron chi connectivity index (χ3n) is 12.9. The number of hydrogen-bond acceptors (Lipinski definition) is 3. The summed E-state index contributed by atoms with van der Waals surface area (Å²) in [6, 6.07) is 50.0. The molecule has 7 aromatic carbocycles. The second-order valence-corrected chi connectivity index (χ2v) is 15.9. The molecule has 3 nitrogen and oxygen atoms in total. The van der Waals surface area contributed by atoms with Crippen LogP contribution in [0.4, 0.5) is 11.4 Å². The van der Waals surface area contributed by atoms with Crippen LogP contribution in [0.5, 0.6) is 0 Å². The van der Waals surface area contributed by atoms with Crippen molar-refractivity contribution in [2.24, 2.45) is 0 Å². The first kappa shape index (κ1) is 35.3. The summed E-state index contributed by atoms with van der Waals surface area (Å²) in [6.45, 7) is 0. The van der Waals surface area contributed by atoms with Crippen molar-refractivity contribution in [2.45, 2.75) is 6.04 Å². The zero-order valence-electron chi connectivity index (χ0n) is 33.6. The lowest BCUT2D eigenvalue weighted by molar-refractivity contribution is 0.668. The Bertz CT molecular complexity index is 3130. The molecule has 0 amide bonds. The van der Waals surface area contributed by atoms with Gasteiger partial charge in [0.1, 0.15) is 77.3 Å². The molecule has 0 radical (unpaired) electrons. The van der Waals surface area contributed by atoms with Gasteiger partial charge in [-0.15, -0.1) is 0 Å². The van der Waals surface area contributed by atoms with Crippen LogP contribution in [0, 0.1) is 0 Å². The molecule has 1 aliphatic rings. The Labute approximate surface area is 339 Å². The second-order valence-electron chi connectivity index (χ2n) is 15.9. The van der Waals surface area contributed by atoms with Crippen molar-refractivity contribution in [3.63, 3.8) is 0 Å². The molecule has 0 N–H and O–H groups in total. The number of para-hydroxylation sites is 2. The molecule has 9 aromatic rings. The Morgan fingerprint density at radius 1 is 0.404 bits per heavy atom. The summed E-state index contributed by atoms with van der Waals surface area (Å²) in [5.74, 6) is 0. The third kappa shape index (κ3) is 5.52. The van der Waals surface area contributed by atoms with Crippen molar-refractivity contribution >= 4 is 138 Å². The first-order chi connectivity index (χ1) is 27.7. The average Bonchev–Trinajstić information content (AvgIpc) is 3.87. The van der Waals surface area contributed by atoms with Crippen LogP contribution in [-0.2, 0) is 0 Å². The lowest BCUT2D eigenvalue weighted by Gasteiger charge is -2.39. The molecule has 10 heteroatoms. The predicted molar refractivity (Wildman–Crippen MR) is 263 cm³/mol. The molecule has 0 saturated heterocycles. The van der Waals surface area contributed by atoms with Gasteiger partial charge < -0.3 is 13.7 Å². The van der Waals surface area contributed by atoms with Gasteiger partial charge in [-0.2, -0.15) is 0 Å². The highest BCUT2D eigenvalue weighted by molar-refractivity contribution is 6.63. The van der Waals surface area contributed by atoms with E-state index in [0.29, 0.717) is 0 Å². The van der Waals surface area contributed by atoms with Gasteiger partial charge in [0.15, 0.2) is 0 Å². The Balaban J connectivity index is 1.13. The van der Waals surface area contributed by atoms with Crippen molar-refractivity contribution in [1.29, 1.82) is 0 Å². The number of rotatable bonds is 6. The van der Waals surface area contributed by atoms with Crippen LogP contribution in [0.15, 0.2) is 165 Å². The molecule has 0 aliphatic heterocycles. The maximum Gasteiger partial charge on any atom is 0.141 e. The van der Waals surface area contributed by atoms with Crippen LogP contribution in [0.1, 0.15) is 5.56 Å². The standard InChI is InChI=1S/C47H38B7NO2/c48-39-37(25-8-2-1-3-9-25)42(51)46(43(39)52)55(28-18-14-24(15-19-28)26-16-20-31-29-10-4-6-12-33(29)56-35(31)22-26)47-44(53)40(49)38(41(50)45(47)54)27-17-21-32-30-11-5-7-13-34(30)57-36(32)23-27/h1-23,46H,48-54H2. The Morgan fingerprint density at radius 3 is 1.49 bits per heavy atom. The number of furan rings is 2. The van der Waals surface area contributed by atoms with E-state index in [1.807, 2.05) is 18.2 Å². The molecule has 2 heterocycles. The molecule has 1 atom stereocenters. The lowest BCUT2D eigenvalue weighted by atomic mass is 9.64. The van der Waals surface area contributed by atoms with Gasteiger partial charge in [0.25, 0.3) is 0 Å². The van der Waals surface area contributed by atoms with Gasteiger partial charge in [-0.25, -0.2) is 0 Å². The summed E-state index contributed by atoms with van der Waals surface area (Å²) in [4.78, 5) is 2.62. The molecule has 0 fully saturated rings. The fraction of sp³-hybridized carbons (Fsp3) is 0.0213. The minimum atomic E-state index is 0.0481. The van der Waals surface area contributed by atoms with Gasteiger partial charge in [-0.3, -0.25) is 0 Å². The summed E-state index contributed by atoms with van der Waals surface area (Å²) >= 11 is 0. The molecule has 0 saturated carbocycles. The highest BCUT2D eigenvalue weighted by Gasteiger charge is 2.34. The number of hydrogen-bond donors (Lipinski definition) is 0. The Kier molecular flexibility index (Phi) is 8.37. The van der Waals surface area contributed by atoms with Crippen LogP contribution < -0.4 is 26.8 Å². The van der Waals surface area contributed by atoms with E-state index < -0.39 is 0 Å². The maximum absolute atomic E-state index is 6.37. The molecule has 0 bridgehead atoms. The van der Waals surface area contributed by atoms with Crippen molar-refractivity contribution in [1.82, 2.24) is 0 Å². The Hall–Kier alpha value is -6.13. The van der Waals surface area contributed by atoms with E-state index in [1.54, 1.807) is 0 Å². The fourth-order valence-electron chi connectivity index (χ4n) is 9.69. The summed E-state index contributed by atoms with van der Waals surface area (Å²) < 4.78 is 12.7. The van der Waals surface area contributed by atoms with Gasteiger partial charge in [0, 0.05) is 32.9 Å². The van der Waals surface area contributed by atoms with Crippen molar-refractivity contribution in [3.8, 4) is 22.3 Å². The van der Waals surface area contributed by atoms with E-state index >= 15 is 0 Å². The van der Waals surface area contributed by atoms with Crippen LogP contribution >= 0.6 is 0 Å². The SMILES string of the molecule is BC1=C(B)C(N(c2ccc(-c3ccc4c(c3)oc3ccccc34)cc2)c2c(B)c(B)c(-c3ccc4c(c3)oc3ccccc34)c(B)c2B)C(B)=C1c1ccccc1. The number of fused-ring (bicyclic) bond motifs is 6. The molecule has 0 spiro atoms. The van der Waals surface area contributed by atoms with Gasteiger partial charge in [0.2, 0.25) is 0 Å². The van der Waals surface area contributed by atoms with E-state index in [9.17, 15) is 0 Å². The molecule has 10 rings (SSSR count). The number of benzene rings is 7. The van der Waals surface area contributed by atoms with Crippen LogP contribution in [0.25, 0.3) is 71.7 Å². The van der Waals surface area contributed by atoms with E-state index in [-0.39, 0.29) is 6.04 Å². The fourth-order valence-corrected chi connectivity index (χ4v) is 9.69. The molecule has 264 valence electrons. The van der Waals surface area contributed by atoms with Crippen LogP contribution in [-0.4, -0.2) is 61.0 Å². The van der Waals surface area contributed by atoms with E-state index in [0.717, 1.165) is 60.7 Å². The molecular formula is C47H38B7NO2. The first-order valence-corrected chi connectivity index (χ1v) is 20.0. The van der Waals surface area contributed by atoms with Gasteiger partial charge in [-0.05, 0) is 81.9 Å². The minimum absolute atomic E-state index is 0.0481. The topological polar surface area (TPSA) is 29.5 Å². The predicted octanol–water partition coefficient (Wildman–Crippen LogP) is 2.90. The van der Waals surface area contributed by atoms with Crippen molar-refractivity contribution in [2.75, 3.05) is 4.90 Å². The maximum atomic E-state index is 6.37. The zero-order chi connectivity index (χ0) is 39.1. The second kappa shape index (κ2) is 13.5. The lowest BCUT2D eigenvalue weighted by Crippen LogP contribution is -2.49. The Morgan fingerprint density at radius 2 is 0.895 bits per heavy atom. The van der Waals surface area contributed by atoms with Crippen molar-refractivity contribution < 1.29 is 8.83 Å². The zero-order valence-corrected chi connectivity index (χ0v) is 33.6. The number of anilines is 2. The van der Waals surface area contributed by atoms with Gasteiger partial charge >= 0.3 is 0 Å². The largest absolute Gasteiger partial charge is 0.456 e. The van der Waals surface area contributed by atoms with Crippen LogP contribution in [0.3, 0.4) is 0 Å². The first-order valence-electron chi connectivity index (χ1n) is 20.0. The van der Waals surface area contributed by atoms with Gasteiger partial charge in [-0.1, -0.05) is 129 Å². The summed E-state index contributed by atoms with van der Waals surface area (Å²) in [5.41, 5.74) is 22.7. The molecule has 2 aromatic heterocycles. The van der Waals surface area contributed by atoms with Crippen LogP contribution in [0.2, 0.25) is 0 Å². The smallest absolute Gasteiger partial charge is 0.141 e. The highest BCUT2D eigenvalue weighted by atomic mass is 16.3.